The second kappa shape index (κ2) is 6.82. The number of fused-ring (bicyclic) bond motifs is 1. The Bertz CT molecular complexity index is 908. The van der Waals surface area contributed by atoms with Crippen LogP contribution in [-0.2, 0) is 6.54 Å². The molecule has 1 aliphatic rings. The number of rotatable bonds is 3. The van der Waals surface area contributed by atoms with Gasteiger partial charge in [0.05, 0.1) is 11.2 Å². The van der Waals surface area contributed by atoms with Gasteiger partial charge in [0.2, 0.25) is 0 Å². The summed E-state index contributed by atoms with van der Waals surface area (Å²) in [4.78, 5) is 18.0. The standard InChI is InChI=1S/C18H19N7/c1-13-15-6-2-3-7-16(15)23-18(22-13)24-17-20-11-25(12-21-17)10-14-5-4-8-19-9-14/h2-9H,10-12H2,1H3,(H2,20,21,22,23,24)/p+2. The van der Waals surface area contributed by atoms with Crippen LogP contribution >= 0.6 is 0 Å². The van der Waals surface area contributed by atoms with Gasteiger partial charge in [0.15, 0.2) is 13.3 Å². The second-order valence-corrected chi connectivity index (χ2v) is 6.14. The molecule has 7 heteroatoms. The topological polar surface area (TPSA) is 81.1 Å². The Balaban J connectivity index is 1.44. The van der Waals surface area contributed by atoms with E-state index in [9.17, 15) is 0 Å². The van der Waals surface area contributed by atoms with Crippen molar-refractivity contribution < 1.29 is 9.89 Å². The van der Waals surface area contributed by atoms with Gasteiger partial charge in [-0.15, -0.1) is 0 Å². The molecule has 1 aliphatic heterocycles. The van der Waals surface area contributed by atoms with Crippen molar-refractivity contribution in [3.05, 3.63) is 60.0 Å². The van der Waals surface area contributed by atoms with E-state index in [2.05, 4.69) is 36.6 Å². The molecule has 0 spiro atoms. The molecule has 0 aliphatic carbocycles. The summed E-state index contributed by atoms with van der Waals surface area (Å²) in [7, 11) is 0. The van der Waals surface area contributed by atoms with Crippen LogP contribution in [0.1, 0.15) is 11.3 Å². The van der Waals surface area contributed by atoms with E-state index in [1.165, 1.54) is 10.5 Å². The van der Waals surface area contributed by atoms with E-state index in [1.807, 2.05) is 43.5 Å². The van der Waals surface area contributed by atoms with E-state index in [1.54, 1.807) is 6.20 Å². The lowest BCUT2D eigenvalue weighted by molar-refractivity contribution is -0.991. The van der Waals surface area contributed by atoms with Crippen LogP contribution in [0.3, 0.4) is 0 Å². The Kier molecular flexibility index (Phi) is 4.22. The summed E-state index contributed by atoms with van der Waals surface area (Å²) >= 11 is 0. The molecule has 3 heterocycles. The Labute approximate surface area is 145 Å². The molecule has 25 heavy (non-hydrogen) atoms. The number of nitrogens with zero attached hydrogens (tertiary/aromatic N) is 3. The summed E-state index contributed by atoms with van der Waals surface area (Å²) < 4.78 is 0. The molecule has 4 N–H and O–H groups in total. The molecule has 0 fully saturated rings. The molecule has 1 unspecified atom stereocenters. The summed E-state index contributed by atoms with van der Waals surface area (Å²) in [5.41, 5.74) is 3.14. The highest BCUT2D eigenvalue weighted by atomic mass is 15.4. The minimum atomic E-state index is 0.599. The third-order valence-corrected chi connectivity index (χ3v) is 4.24. The van der Waals surface area contributed by atoms with E-state index in [4.69, 9.17) is 0 Å². The van der Waals surface area contributed by atoms with E-state index >= 15 is 0 Å². The number of aromatic nitrogens is 3. The smallest absolute Gasteiger partial charge is 0.273 e. The lowest BCUT2D eigenvalue weighted by atomic mass is 10.2. The third kappa shape index (κ3) is 3.56. The van der Waals surface area contributed by atoms with E-state index in [-0.39, 0.29) is 0 Å². The number of guanidine groups is 1. The molecule has 2 aromatic heterocycles. The fourth-order valence-corrected chi connectivity index (χ4v) is 2.96. The first-order valence-corrected chi connectivity index (χ1v) is 8.35. The second-order valence-electron chi connectivity index (χ2n) is 6.14. The maximum Gasteiger partial charge on any atom is 0.359 e. The highest BCUT2D eigenvalue weighted by Crippen LogP contribution is 2.16. The number of aryl methyl sites for hydroxylation is 1. The quantitative estimate of drug-likeness (QED) is 0.483. The lowest BCUT2D eigenvalue weighted by Gasteiger charge is -2.20. The maximum absolute atomic E-state index is 4.58. The first kappa shape index (κ1) is 15.5. The maximum atomic E-state index is 4.58. The van der Waals surface area contributed by atoms with Crippen molar-refractivity contribution in [1.82, 2.24) is 20.3 Å². The van der Waals surface area contributed by atoms with Crippen molar-refractivity contribution in [3.63, 3.8) is 0 Å². The molecule has 0 radical (unpaired) electrons. The normalized spacial score (nSPS) is 17.0. The predicted molar refractivity (Wildman–Crippen MR) is 95.6 cm³/mol. The Morgan fingerprint density at radius 2 is 2.12 bits per heavy atom. The van der Waals surface area contributed by atoms with Crippen molar-refractivity contribution in [3.8, 4) is 0 Å². The van der Waals surface area contributed by atoms with Crippen LogP contribution in [0.15, 0.2) is 48.8 Å². The molecule has 4 rings (SSSR count). The molecule has 0 saturated carbocycles. The first-order chi connectivity index (χ1) is 12.3. The molecule has 126 valence electrons. The van der Waals surface area contributed by atoms with Gasteiger partial charge in [-0.05, 0) is 19.1 Å². The van der Waals surface area contributed by atoms with Crippen molar-refractivity contribution >= 4 is 22.8 Å². The molecule has 3 aromatic rings. The lowest BCUT2D eigenvalue weighted by Crippen LogP contribution is -3.23. The van der Waals surface area contributed by atoms with Gasteiger partial charge in [0.1, 0.15) is 6.54 Å². The zero-order chi connectivity index (χ0) is 17.1. The highest BCUT2D eigenvalue weighted by Gasteiger charge is 2.21. The number of anilines is 1. The zero-order valence-electron chi connectivity index (χ0n) is 14.1. The average molecular weight is 335 g/mol. The average Bonchev–Trinajstić information content (AvgIpc) is 2.64. The first-order valence-electron chi connectivity index (χ1n) is 8.35. The molecule has 0 saturated heterocycles. The number of para-hydroxylation sites is 1. The summed E-state index contributed by atoms with van der Waals surface area (Å²) in [6, 6.07) is 12.1. The molecular weight excluding hydrogens is 314 g/mol. The van der Waals surface area contributed by atoms with Gasteiger partial charge in [-0.3, -0.25) is 9.88 Å². The Morgan fingerprint density at radius 3 is 2.92 bits per heavy atom. The largest absolute Gasteiger partial charge is 0.359 e. The minimum Gasteiger partial charge on any atom is -0.273 e. The fourth-order valence-electron chi connectivity index (χ4n) is 2.96. The van der Waals surface area contributed by atoms with Crippen LogP contribution < -0.4 is 20.5 Å². The SMILES string of the molecule is Cc1nc(NC2=[NH+]C[NH+](Cc3cccnc3)CN2)nc2ccccc12. The van der Waals surface area contributed by atoms with Gasteiger partial charge in [0, 0.05) is 23.3 Å². The van der Waals surface area contributed by atoms with Crippen LogP contribution in [0, 0.1) is 6.92 Å². The number of quaternary nitrogens is 1. The number of hydrogen-bond donors (Lipinski definition) is 4. The van der Waals surface area contributed by atoms with Crippen LogP contribution in [0.25, 0.3) is 10.9 Å². The van der Waals surface area contributed by atoms with Crippen LogP contribution in [0.2, 0.25) is 0 Å². The van der Waals surface area contributed by atoms with Crippen LogP contribution in [0.4, 0.5) is 5.95 Å². The number of nitrogens with one attached hydrogen (secondary N) is 4. The minimum absolute atomic E-state index is 0.599. The van der Waals surface area contributed by atoms with Crippen molar-refractivity contribution in [1.29, 1.82) is 0 Å². The van der Waals surface area contributed by atoms with Crippen LogP contribution in [0.5, 0.6) is 0 Å². The predicted octanol–water partition coefficient (Wildman–Crippen LogP) is -1.21. The number of pyridine rings is 1. The Morgan fingerprint density at radius 1 is 1.20 bits per heavy atom. The van der Waals surface area contributed by atoms with Crippen molar-refractivity contribution in [2.24, 2.45) is 0 Å². The summed E-state index contributed by atoms with van der Waals surface area (Å²) in [6.07, 6.45) is 3.71. The monoisotopic (exact) mass is 335 g/mol. The van der Waals surface area contributed by atoms with Gasteiger partial charge in [-0.2, -0.15) is 4.98 Å². The molecule has 0 bridgehead atoms. The van der Waals surface area contributed by atoms with E-state index in [0.717, 1.165) is 42.4 Å². The third-order valence-electron chi connectivity index (χ3n) is 4.24. The van der Waals surface area contributed by atoms with Crippen molar-refractivity contribution in [2.45, 2.75) is 13.5 Å². The fraction of sp³-hybridized carbons (Fsp3) is 0.222. The summed E-state index contributed by atoms with van der Waals surface area (Å²) in [5, 5.41) is 7.69. The number of benzene rings is 1. The Hall–Kier alpha value is -3.06. The van der Waals surface area contributed by atoms with Gasteiger partial charge in [0.25, 0.3) is 5.95 Å². The molecular formula is C18H21N7+2. The van der Waals surface area contributed by atoms with E-state index in [0.29, 0.717) is 5.95 Å². The summed E-state index contributed by atoms with van der Waals surface area (Å²) in [6.45, 7) is 4.56. The molecule has 1 atom stereocenters. The highest BCUT2D eigenvalue weighted by molar-refractivity contribution is 5.89. The van der Waals surface area contributed by atoms with Gasteiger partial charge in [-0.25, -0.2) is 20.6 Å². The zero-order valence-corrected chi connectivity index (χ0v) is 14.1. The van der Waals surface area contributed by atoms with Crippen molar-refractivity contribution in [2.75, 3.05) is 18.7 Å². The van der Waals surface area contributed by atoms with Gasteiger partial charge in [-0.1, -0.05) is 24.3 Å². The van der Waals surface area contributed by atoms with E-state index < -0.39 is 0 Å². The van der Waals surface area contributed by atoms with Gasteiger partial charge < -0.3 is 0 Å². The molecule has 7 nitrogen and oxygen atoms in total. The van der Waals surface area contributed by atoms with Gasteiger partial charge >= 0.3 is 5.96 Å². The molecule has 1 aromatic carbocycles. The summed E-state index contributed by atoms with van der Waals surface area (Å²) in [5.74, 6) is 1.44. The molecule has 0 amide bonds. The van der Waals surface area contributed by atoms with Crippen LogP contribution in [-0.4, -0.2) is 34.2 Å². The number of hydrogen-bond acceptors (Lipinski definition) is 5.